The zero-order chi connectivity index (χ0) is 16.0. The van der Waals surface area contributed by atoms with E-state index < -0.39 is 46.1 Å². The maximum Gasteiger partial charge on any atom is 0.416 e. The van der Waals surface area contributed by atoms with Crippen LogP contribution in [-0.4, -0.2) is 26.1 Å². The van der Waals surface area contributed by atoms with Crippen LogP contribution in [0.3, 0.4) is 0 Å². The summed E-state index contributed by atoms with van der Waals surface area (Å²) >= 11 is 5.58. The molecule has 0 spiro atoms. The van der Waals surface area contributed by atoms with Gasteiger partial charge in [0.15, 0.2) is 0 Å². The third-order valence-corrected chi connectivity index (χ3v) is 4.34. The van der Waals surface area contributed by atoms with Gasteiger partial charge in [0.25, 0.3) is 0 Å². The number of amides is 1. The van der Waals surface area contributed by atoms with Gasteiger partial charge in [-0.2, -0.15) is 21.6 Å². The number of nitrogens with zero attached hydrogens (tertiary/aromatic N) is 1. The smallest absolute Gasteiger partial charge is 0.311 e. The van der Waals surface area contributed by atoms with Gasteiger partial charge in [0.2, 0.25) is 5.91 Å². The number of benzene rings is 1. The highest BCUT2D eigenvalue weighted by atomic mass is 35.5. The van der Waals surface area contributed by atoms with Crippen molar-refractivity contribution in [3.05, 3.63) is 28.8 Å². The maximum absolute atomic E-state index is 12.9. The highest BCUT2D eigenvalue weighted by Crippen LogP contribution is 2.36. The summed E-state index contributed by atoms with van der Waals surface area (Å²) < 4.78 is 72.5. The molecule has 1 aliphatic heterocycles. The van der Waals surface area contributed by atoms with Crippen molar-refractivity contribution in [3.63, 3.8) is 0 Å². The molecule has 0 radical (unpaired) electrons. The zero-order valence-corrected chi connectivity index (χ0v) is 11.8. The average molecular weight is 346 g/mol. The molecule has 0 saturated carbocycles. The summed E-state index contributed by atoms with van der Waals surface area (Å²) in [5.74, 6) is -0.781. The van der Waals surface area contributed by atoms with Gasteiger partial charge in [0.05, 0.1) is 5.56 Å². The van der Waals surface area contributed by atoms with E-state index >= 15 is 0 Å². The first-order chi connectivity index (χ1) is 9.48. The van der Waals surface area contributed by atoms with Crippen LogP contribution in [0.2, 0.25) is 5.02 Å². The van der Waals surface area contributed by atoms with Crippen molar-refractivity contribution in [1.82, 2.24) is 0 Å². The first-order valence-electron chi connectivity index (χ1n) is 5.60. The fraction of sp³-hybridized carbons (Fsp3) is 0.364. The van der Waals surface area contributed by atoms with Crippen LogP contribution in [-0.2, 0) is 21.2 Å². The molecule has 1 aromatic carbocycles. The summed E-state index contributed by atoms with van der Waals surface area (Å²) in [6.45, 7) is -0.546. The number of alkyl halides is 3. The standard InChI is InChI=1S/C11H8ClF4NO3S/c12-7-1-6(11(13,14)15)2-8(3-7)17-5-9(4-10(17)18)21(16,19)20/h1-3,9H,4-5H2. The first kappa shape index (κ1) is 16.0. The molecular formula is C11H8ClF4NO3S. The highest BCUT2D eigenvalue weighted by molar-refractivity contribution is 7.87. The zero-order valence-electron chi connectivity index (χ0n) is 10.2. The topological polar surface area (TPSA) is 54.5 Å². The second-order valence-electron chi connectivity index (χ2n) is 4.50. The van der Waals surface area contributed by atoms with Crippen LogP contribution in [0.15, 0.2) is 18.2 Å². The molecule has 4 nitrogen and oxygen atoms in total. The van der Waals surface area contributed by atoms with Crippen LogP contribution in [0, 0.1) is 0 Å². The lowest BCUT2D eigenvalue weighted by Gasteiger charge is -2.18. The summed E-state index contributed by atoms with van der Waals surface area (Å²) in [5.41, 5.74) is -1.30. The number of carbonyl (C=O) groups excluding carboxylic acids is 1. The third kappa shape index (κ3) is 3.46. The van der Waals surface area contributed by atoms with Gasteiger partial charge < -0.3 is 4.90 Å². The number of anilines is 1. The Balaban J connectivity index is 2.39. The van der Waals surface area contributed by atoms with E-state index in [4.69, 9.17) is 11.6 Å². The van der Waals surface area contributed by atoms with Crippen molar-refractivity contribution in [3.8, 4) is 0 Å². The van der Waals surface area contributed by atoms with E-state index in [0.29, 0.717) is 12.1 Å². The van der Waals surface area contributed by atoms with E-state index in [0.717, 1.165) is 11.0 Å². The van der Waals surface area contributed by atoms with Gasteiger partial charge in [-0.1, -0.05) is 11.6 Å². The van der Waals surface area contributed by atoms with Gasteiger partial charge in [-0.15, -0.1) is 3.89 Å². The van der Waals surface area contributed by atoms with Gasteiger partial charge in [0.1, 0.15) is 5.25 Å². The molecule has 0 aromatic heterocycles. The summed E-state index contributed by atoms with van der Waals surface area (Å²) in [4.78, 5) is 12.5. The third-order valence-electron chi connectivity index (χ3n) is 3.01. The molecule has 1 amide bonds. The van der Waals surface area contributed by atoms with E-state index in [9.17, 15) is 30.3 Å². The molecule has 0 N–H and O–H groups in total. The molecule has 1 heterocycles. The normalized spacial score (nSPS) is 20.1. The van der Waals surface area contributed by atoms with E-state index in [-0.39, 0.29) is 10.7 Å². The van der Waals surface area contributed by atoms with Crippen molar-refractivity contribution >= 4 is 33.4 Å². The molecule has 10 heteroatoms. The fourth-order valence-electron chi connectivity index (χ4n) is 2.01. The molecule has 116 valence electrons. The Labute approximate surface area is 122 Å². The Morgan fingerprint density at radius 1 is 1.24 bits per heavy atom. The quantitative estimate of drug-likeness (QED) is 0.612. The van der Waals surface area contributed by atoms with Crippen molar-refractivity contribution < 1.29 is 30.3 Å². The highest BCUT2D eigenvalue weighted by Gasteiger charge is 2.40. The molecule has 1 saturated heterocycles. The monoisotopic (exact) mass is 345 g/mol. The van der Waals surface area contributed by atoms with E-state index in [1.807, 2.05) is 0 Å². The lowest BCUT2D eigenvalue weighted by Crippen LogP contribution is -2.27. The summed E-state index contributed by atoms with van der Waals surface area (Å²) in [7, 11) is -4.94. The molecule has 1 fully saturated rings. The minimum absolute atomic E-state index is 0.217. The first-order valence-corrected chi connectivity index (χ1v) is 7.42. The van der Waals surface area contributed by atoms with Crippen molar-refractivity contribution in [2.75, 3.05) is 11.4 Å². The number of hydrogen-bond acceptors (Lipinski definition) is 3. The lowest BCUT2D eigenvalue weighted by atomic mass is 10.2. The molecule has 1 unspecified atom stereocenters. The lowest BCUT2D eigenvalue weighted by molar-refractivity contribution is -0.137. The van der Waals surface area contributed by atoms with Crippen LogP contribution < -0.4 is 4.90 Å². The Morgan fingerprint density at radius 2 is 1.86 bits per heavy atom. The number of halogens is 5. The van der Waals surface area contributed by atoms with Crippen LogP contribution in [0.1, 0.15) is 12.0 Å². The summed E-state index contributed by atoms with van der Waals surface area (Å²) in [6.07, 6.45) is -5.29. The molecular weight excluding hydrogens is 338 g/mol. The minimum atomic E-state index is -4.94. The Morgan fingerprint density at radius 3 is 2.33 bits per heavy atom. The van der Waals surface area contributed by atoms with Gasteiger partial charge in [-0.3, -0.25) is 4.79 Å². The van der Waals surface area contributed by atoms with Crippen LogP contribution in [0.5, 0.6) is 0 Å². The molecule has 0 aliphatic carbocycles. The van der Waals surface area contributed by atoms with E-state index in [1.54, 1.807) is 0 Å². The number of carbonyl (C=O) groups is 1. The minimum Gasteiger partial charge on any atom is -0.311 e. The van der Waals surface area contributed by atoms with Crippen LogP contribution in [0.4, 0.5) is 22.7 Å². The van der Waals surface area contributed by atoms with Gasteiger partial charge in [-0.05, 0) is 18.2 Å². The molecule has 0 bridgehead atoms. The van der Waals surface area contributed by atoms with Gasteiger partial charge in [-0.25, -0.2) is 0 Å². The fourth-order valence-corrected chi connectivity index (χ4v) is 2.90. The summed E-state index contributed by atoms with van der Waals surface area (Å²) in [5, 5.41) is -1.85. The predicted molar refractivity (Wildman–Crippen MR) is 67.2 cm³/mol. The van der Waals surface area contributed by atoms with Crippen LogP contribution >= 0.6 is 11.6 Å². The molecule has 1 atom stereocenters. The van der Waals surface area contributed by atoms with Crippen molar-refractivity contribution in [2.24, 2.45) is 0 Å². The second-order valence-corrected chi connectivity index (χ2v) is 6.56. The second kappa shape index (κ2) is 5.13. The average Bonchev–Trinajstić information content (AvgIpc) is 2.69. The Hall–Kier alpha value is -1.35. The number of hydrogen-bond donors (Lipinski definition) is 0. The van der Waals surface area contributed by atoms with Crippen LogP contribution in [0.25, 0.3) is 0 Å². The predicted octanol–water partition coefficient (Wildman–Crippen LogP) is 2.76. The maximum atomic E-state index is 12.9. The van der Waals surface area contributed by atoms with E-state index in [2.05, 4.69) is 0 Å². The Bertz CT molecular complexity index is 689. The molecule has 2 rings (SSSR count). The Kier molecular flexibility index (Phi) is 3.92. The van der Waals surface area contributed by atoms with Gasteiger partial charge >= 0.3 is 16.4 Å². The SMILES string of the molecule is O=C1CC(S(=O)(=O)F)CN1c1cc(Cl)cc(C(F)(F)F)c1. The van der Waals surface area contributed by atoms with Crippen molar-refractivity contribution in [1.29, 1.82) is 0 Å². The molecule has 1 aromatic rings. The largest absolute Gasteiger partial charge is 0.416 e. The molecule has 21 heavy (non-hydrogen) atoms. The van der Waals surface area contributed by atoms with Gasteiger partial charge in [0, 0.05) is 23.7 Å². The summed E-state index contributed by atoms with van der Waals surface area (Å²) in [6, 6.07) is 2.42. The number of rotatable bonds is 2. The molecule has 1 aliphatic rings. The van der Waals surface area contributed by atoms with Crippen molar-refractivity contribution in [2.45, 2.75) is 17.8 Å². The van der Waals surface area contributed by atoms with E-state index in [1.165, 1.54) is 0 Å².